The van der Waals surface area contributed by atoms with Crippen molar-refractivity contribution in [2.45, 2.75) is 6.54 Å². The Balaban J connectivity index is 1.37. The van der Waals surface area contributed by atoms with Crippen LogP contribution in [0.4, 0.5) is 19.3 Å². The number of nitrogens with zero attached hydrogens (tertiary/aromatic N) is 6. The Labute approximate surface area is 216 Å². The molecular weight excluding hydrogens is 498 g/mol. The summed E-state index contributed by atoms with van der Waals surface area (Å²) in [4.78, 5) is 18.4. The van der Waals surface area contributed by atoms with Crippen LogP contribution in [-0.2, 0) is 6.54 Å². The van der Waals surface area contributed by atoms with E-state index in [9.17, 15) is 18.7 Å². The molecule has 2 aromatic carbocycles. The molecule has 4 rings (SSSR count). The van der Waals surface area contributed by atoms with Gasteiger partial charge in [-0.15, -0.1) is 10.2 Å². The van der Waals surface area contributed by atoms with Gasteiger partial charge in [0.25, 0.3) is 0 Å². The minimum Gasteiger partial charge on any atom is -0.505 e. The number of hydrogen-bond donors (Lipinski definition) is 3. The fourth-order valence-electron chi connectivity index (χ4n) is 3.24. The predicted octanol–water partition coefficient (Wildman–Crippen LogP) is 3.83. The highest BCUT2D eigenvalue weighted by molar-refractivity contribution is 5.90. The molecule has 0 radical (unpaired) electrons. The van der Waals surface area contributed by atoms with Crippen LogP contribution < -0.4 is 15.5 Å². The molecule has 2 amide bonds. The summed E-state index contributed by atoms with van der Waals surface area (Å²) in [7, 11) is 3.94. The van der Waals surface area contributed by atoms with E-state index in [1.807, 2.05) is 23.6 Å². The number of phenolic OH excluding ortho intramolecular Hbond substituents is 1. The molecule has 38 heavy (non-hydrogen) atoms. The number of ether oxygens (including phenoxy) is 1. The van der Waals surface area contributed by atoms with Crippen LogP contribution in [0.25, 0.3) is 11.5 Å². The van der Waals surface area contributed by atoms with E-state index in [0.717, 1.165) is 24.7 Å². The first-order chi connectivity index (χ1) is 18.3. The zero-order valence-corrected chi connectivity index (χ0v) is 20.5. The average molecular weight is 523 g/mol. The Morgan fingerprint density at radius 2 is 2.00 bits per heavy atom. The summed E-state index contributed by atoms with van der Waals surface area (Å²) in [6, 6.07) is 10.0. The quantitative estimate of drug-likeness (QED) is 0.225. The molecule has 0 unspecified atom stereocenters. The van der Waals surface area contributed by atoms with Gasteiger partial charge in [-0.1, -0.05) is 0 Å². The van der Waals surface area contributed by atoms with Crippen LogP contribution in [0.2, 0.25) is 0 Å². The second-order valence-corrected chi connectivity index (χ2v) is 8.31. The van der Waals surface area contributed by atoms with E-state index in [1.54, 1.807) is 18.5 Å². The fourth-order valence-corrected chi connectivity index (χ4v) is 3.24. The molecule has 0 fully saturated rings. The highest BCUT2D eigenvalue weighted by Crippen LogP contribution is 2.28. The number of benzene rings is 2. The Kier molecular flexibility index (Phi) is 8.18. The number of likely N-dealkylation sites (N-methyl/N-ethyl adjacent to an activating group) is 1. The van der Waals surface area contributed by atoms with Crippen LogP contribution in [0, 0.1) is 11.6 Å². The summed E-state index contributed by atoms with van der Waals surface area (Å²) < 4.78 is 35.6. The summed E-state index contributed by atoms with van der Waals surface area (Å²) in [5.74, 6) is -1.18. The second-order valence-electron chi connectivity index (χ2n) is 8.31. The Morgan fingerprint density at radius 1 is 1.16 bits per heavy atom. The van der Waals surface area contributed by atoms with Crippen molar-refractivity contribution in [2.75, 3.05) is 26.0 Å². The monoisotopic (exact) mass is 522 g/mol. The van der Waals surface area contributed by atoms with Gasteiger partial charge in [0.05, 0.1) is 6.21 Å². The van der Waals surface area contributed by atoms with Crippen molar-refractivity contribution in [3.8, 4) is 28.8 Å². The summed E-state index contributed by atoms with van der Waals surface area (Å²) in [5, 5.41) is 23.4. The minimum atomic E-state index is -0.817. The minimum absolute atomic E-state index is 0.0606. The lowest BCUT2D eigenvalue weighted by Gasteiger charge is -2.12. The molecule has 13 heteroatoms. The summed E-state index contributed by atoms with van der Waals surface area (Å²) in [5.41, 5.74) is 3.18. The molecule has 0 aliphatic carbocycles. The number of nitrogens with one attached hydrogen (secondary N) is 2. The SMILES string of the molecule is CN(C)CCn1cnnc1-c1cc(Oc2ccc(NC(=O)N/N=C/c3ccc(O)c(F)c3)cc2F)ccn1. The van der Waals surface area contributed by atoms with Gasteiger partial charge in [-0.05, 0) is 56.1 Å². The molecule has 0 atom stereocenters. The molecule has 0 spiro atoms. The molecule has 0 saturated carbocycles. The predicted molar refractivity (Wildman–Crippen MR) is 136 cm³/mol. The highest BCUT2D eigenvalue weighted by atomic mass is 19.1. The summed E-state index contributed by atoms with van der Waals surface area (Å²) in [6.07, 6.45) is 4.34. The molecule has 2 heterocycles. The second kappa shape index (κ2) is 11.9. The smallest absolute Gasteiger partial charge is 0.339 e. The standard InChI is InChI=1S/C25H24F2N8O3/c1-34(2)9-10-35-15-30-32-24(35)21-13-18(7-8-28-21)38-23-6-4-17(12-20(23)27)31-25(37)33-29-14-16-3-5-22(36)19(26)11-16/h3-8,11-15,36H,9-10H2,1-2H3,(H2,31,33,37)/b29-14+. The Bertz CT molecular complexity index is 1460. The van der Waals surface area contributed by atoms with Crippen LogP contribution in [-0.4, -0.2) is 62.6 Å². The van der Waals surface area contributed by atoms with E-state index in [2.05, 4.69) is 31.0 Å². The number of pyridine rings is 1. The molecule has 2 aromatic heterocycles. The maximum atomic E-state index is 14.7. The van der Waals surface area contributed by atoms with Gasteiger partial charge >= 0.3 is 6.03 Å². The number of halogens is 2. The third-order valence-corrected chi connectivity index (χ3v) is 5.13. The zero-order chi connectivity index (χ0) is 27.1. The van der Waals surface area contributed by atoms with Crippen molar-refractivity contribution in [1.29, 1.82) is 0 Å². The van der Waals surface area contributed by atoms with Crippen molar-refractivity contribution >= 4 is 17.9 Å². The molecular formula is C25H24F2N8O3. The number of carbonyl (C=O) groups excluding carboxylic acids is 1. The molecule has 3 N–H and O–H groups in total. The Morgan fingerprint density at radius 3 is 2.76 bits per heavy atom. The topological polar surface area (TPSA) is 130 Å². The number of aromatic nitrogens is 4. The number of urea groups is 1. The number of rotatable bonds is 9. The van der Waals surface area contributed by atoms with Gasteiger partial charge in [-0.3, -0.25) is 4.98 Å². The van der Waals surface area contributed by atoms with Crippen LogP contribution in [0.3, 0.4) is 0 Å². The van der Waals surface area contributed by atoms with Crippen molar-refractivity contribution < 1.29 is 23.4 Å². The number of anilines is 1. The van der Waals surface area contributed by atoms with E-state index >= 15 is 0 Å². The van der Waals surface area contributed by atoms with Gasteiger partial charge in [-0.2, -0.15) is 5.10 Å². The van der Waals surface area contributed by atoms with Crippen LogP contribution in [0.5, 0.6) is 17.2 Å². The first-order valence-electron chi connectivity index (χ1n) is 11.3. The van der Waals surface area contributed by atoms with Crippen molar-refractivity contribution in [2.24, 2.45) is 5.10 Å². The summed E-state index contributed by atoms with van der Waals surface area (Å²) >= 11 is 0. The van der Waals surface area contributed by atoms with Gasteiger partial charge < -0.3 is 24.6 Å². The van der Waals surface area contributed by atoms with E-state index < -0.39 is 23.4 Å². The number of hydrazone groups is 1. The van der Waals surface area contributed by atoms with Crippen molar-refractivity contribution in [1.82, 2.24) is 30.1 Å². The van der Waals surface area contributed by atoms with Gasteiger partial charge in [0, 0.05) is 37.1 Å². The third-order valence-electron chi connectivity index (χ3n) is 5.13. The normalized spacial score (nSPS) is 11.2. The highest BCUT2D eigenvalue weighted by Gasteiger charge is 2.13. The van der Waals surface area contributed by atoms with E-state index in [1.165, 1.54) is 30.6 Å². The number of hydrogen-bond acceptors (Lipinski definition) is 8. The lowest BCUT2D eigenvalue weighted by Crippen LogP contribution is -2.24. The zero-order valence-electron chi connectivity index (χ0n) is 20.5. The molecule has 4 aromatic rings. The van der Waals surface area contributed by atoms with E-state index in [4.69, 9.17) is 4.74 Å². The lowest BCUT2D eigenvalue weighted by atomic mass is 10.2. The van der Waals surface area contributed by atoms with Crippen LogP contribution in [0.15, 0.2) is 66.2 Å². The molecule has 0 saturated heterocycles. The van der Waals surface area contributed by atoms with Gasteiger partial charge in [0.15, 0.2) is 29.0 Å². The molecule has 0 aliphatic heterocycles. The van der Waals surface area contributed by atoms with Gasteiger partial charge in [0.2, 0.25) is 0 Å². The average Bonchev–Trinajstić information content (AvgIpc) is 3.36. The van der Waals surface area contributed by atoms with E-state index in [0.29, 0.717) is 29.4 Å². The third kappa shape index (κ3) is 6.85. The molecule has 0 aliphatic rings. The first-order valence-corrected chi connectivity index (χ1v) is 11.3. The molecule has 0 bridgehead atoms. The van der Waals surface area contributed by atoms with Gasteiger partial charge in [-0.25, -0.2) is 19.0 Å². The molecule has 196 valence electrons. The maximum absolute atomic E-state index is 14.7. The number of aromatic hydroxyl groups is 1. The van der Waals surface area contributed by atoms with E-state index in [-0.39, 0.29) is 11.4 Å². The fraction of sp³-hybridized carbons (Fsp3) is 0.160. The number of phenols is 1. The van der Waals surface area contributed by atoms with Gasteiger partial charge in [0.1, 0.15) is 17.8 Å². The number of amides is 2. The van der Waals surface area contributed by atoms with Crippen LogP contribution >= 0.6 is 0 Å². The maximum Gasteiger partial charge on any atom is 0.339 e. The van der Waals surface area contributed by atoms with Crippen molar-refractivity contribution in [3.05, 3.63) is 78.3 Å². The largest absolute Gasteiger partial charge is 0.505 e. The van der Waals surface area contributed by atoms with Crippen LogP contribution in [0.1, 0.15) is 5.56 Å². The molecule has 11 nitrogen and oxygen atoms in total. The Hall–Kier alpha value is -4.91. The van der Waals surface area contributed by atoms with Crippen molar-refractivity contribution in [3.63, 3.8) is 0 Å². The lowest BCUT2D eigenvalue weighted by molar-refractivity contribution is 0.252. The first kappa shape index (κ1) is 26.2. The number of carbonyl (C=O) groups is 1. The summed E-state index contributed by atoms with van der Waals surface area (Å²) in [6.45, 7) is 1.45.